The first-order chi connectivity index (χ1) is 9.08. The number of nitrogens with one attached hydrogen (secondary N) is 3. The van der Waals surface area contributed by atoms with E-state index >= 15 is 0 Å². The van der Waals surface area contributed by atoms with Crippen LogP contribution in [0, 0.1) is 0 Å². The van der Waals surface area contributed by atoms with Gasteiger partial charge in [0, 0.05) is 13.1 Å². The van der Waals surface area contributed by atoms with Crippen LogP contribution in [0.5, 0.6) is 0 Å². The molecule has 6 nitrogen and oxygen atoms in total. The quantitative estimate of drug-likeness (QED) is 0.729. The third-order valence-corrected chi connectivity index (χ3v) is 2.51. The van der Waals surface area contributed by atoms with Crippen molar-refractivity contribution in [3.8, 4) is 0 Å². The molecule has 0 bridgehead atoms. The molecule has 104 valence electrons. The molecule has 1 aromatic heterocycles. The molecule has 1 aromatic rings. The molecule has 0 saturated carbocycles. The zero-order valence-corrected chi connectivity index (χ0v) is 11.7. The Morgan fingerprint density at radius 2 is 1.95 bits per heavy atom. The summed E-state index contributed by atoms with van der Waals surface area (Å²) in [7, 11) is 0. The molecule has 1 rings (SSSR count). The molecule has 0 fully saturated rings. The summed E-state index contributed by atoms with van der Waals surface area (Å²) in [5, 5.41) is 8.28. The second-order valence-corrected chi connectivity index (χ2v) is 4.10. The third kappa shape index (κ3) is 4.75. The first kappa shape index (κ1) is 15.2. The summed E-state index contributed by atoms with van der Waals surface area (Å²) in [4.78, 5) is 27.2. The molecule has 0 saturated heterocycles. The van der Waals surface area contributed by atoms with E-state index in [4.69, 9.17) is 11.6 Å². The first-order valence-corrected chi connectivity index (χ1v) is 6.41. The molecule has 0 radical (unpaired) electrons. The highest BCUT2D eigenvalue weighted by Gasteiger charge is 2.13. The standard InChI is InChI=1S/C12H17ClN4O2/c1-3-14-9-6-5-8(13)11(17-9)12(19)16-7-10(18)15-4-2/h5-6H,3-4,7H2,1-2H3,(H,14,17)(H,15,18)(H,16,19). The van der Waals surface area contributed by atoms with Crippen LogP contribution >= 0.6 is 11.6 Å². The van der Waals surface area contributed by atoms with E-state index in [9.17, 15) is 9.59 Å². The maximum Gasteiger partial charge on any atom is 0.271 e. The number of carbonyl (C=O) groups excluding carboxylic acids is 2. The minimum atomic E-state index is -0.476. The van der Waals surface area contributed by atoms with Gasteiger partial charge in [-0.2, -0.15) is 0 Å². The van der Waals surface area contributed by atoms with Crippen LogP contribution in [0.3, 0.4) is 0 Å². The van der Waals surface area contributed by atoms with Crippen LogP contribution in [0.15, 0.2) is 12.1 Å². The van der Waals surface area contributed by atoms with Crippen molar-refractivity contribution >= 4 is 29.2 Å². The summed E-state index contributed by atoms with van der Waals surface area (Å²) >= 11 is 5.92. The van der Waals surface area contributed by atoms with Gasteiger partial charge in [-0.3, -0.25) is 9.59 Å². The van der Waals surface area contributed by atoms with Crippen molar-refractivity contribution in [3.63, 3.8) is 0 Å². The molecule has 0 unspecified atom stereocenters. The summed E-state index contributed by atoms with van der Waals surface area (Å²) in [5.41, 5.74) is 0.101. The molecular weight excluding hydrogens is 268 g/mol. The largest absolute Gasteiger partial charge is 0.370 e. The molecule has 19 heavy (non-hydrogen) atoms. The van der Waals surface area contributed by atoms with E-state index < -0.39 is 5.91 Å². The van der Waals surface area contributed by atoms with E-state index in [1.165, 1.54) is 0 Å². The summed E-state index contributed by atoms with van der Waals surface area (Å²) in [6.45, 7) is 4.83. The van der Waals surface area contributed by atoms with Gasteiger partial charge in [0.05, 0.1) is 11.6 Å². The van der Waals surface area contributed by atoms with Gasteiger partial charge in [-0.05, 0) is 26.0 Å². The van der Waals surface area contributed by atoms with Crippen molar-refractivity contribution in [3.05, 3.63) is 22.8 Å². The summed E-state index contributed by atoms with van der Waals surface area (Å²) in [6, 6.07) is 3.28. The number of carbonyl (C=O) groups is 2. The maximum absolute atomic E-state index is 11.9. The molecule has 0 aromatic carbocycles. The molecule has 1 heterocycles. The zero-order chi connectivity index (χ0) is 14.3. The molecule has 3 N–H and O–H groups in total. The van der Waals surface area contributed by atoms with E-state index in [2.05, 4.69) is 20.9 Å². The lowest BCUT2D eigenvalue weighted by Crippen LogP contribution is -2.37. The van der Waals surface area contributed by atoms with Crippen LogP contribution in [-0.2, 0) is 4.79 Å². The fourth-order valence-corrected chi connectivity index (χ4v) is 1.58. The average Bonchev–Trinajstić information content (AvgIpc) is 2.39. The van der Waals surface area contributed by atoms with Gasteiger partial charge in [0.1, 0.15) is 11.5 Å². The molecule has 7 heteroatoms. The van der Waals surface area contributed by atoms with Crippen molar-refractivity contribution in [2.45, 2.75) is 13.8 Å². The topological polar surface area (TPSA) is 83.1 Å². The van der Waals surface area contributed by atoms with E-state index in [0.717, 1.165) is 0 Å². The number of hydrogen-bond acceptors (Lipinski definition) is 4. The SMILES string of the molecule is CCNC(=O)CNC(=O)c1nc(NCC)ccc1Cl. The minimum absolute atomic E-state index is 0.101. The van der Waals surface area contributed by atoms with Gasteiger partial charge in [-0.1, -0.05) is 11.6 Å². The molecule has 0 spiro atoms. The van der Waals surface area contributed by atoms with E-state index in [1.807, 2.05) is 6.92 Å². The van der Waals surface area contributed by atoms with E-state index in [0.29, 0.717) is 18.9 Å². The van der Waals surface area contributed by atoms with Gasteiger partial charge in [0.2, 0.25) is 5.91 Å². The number of rotatable bonds is 6. The summed E-state index contributed by atoms with van der Waals surface area (Å²) in [6.07, 6.45) is 0. The number of hydrogen-bond donors (Lipinski definition) is 3. The predicted octanol–water partition coefficient (Wildman–Crippen LogP) is 1.03. The predicted molar refractivity (Wildman–Crippen MR) is 74.4 cm³/mol. The lowest BCUT2D eigenvalue weighted by Gasteiger charge is -2.08. The second kappa shape index (κ2) is 7.58. The average molecular weight is 285 g/mol. The molecule has 0 atom stereocenters. The minimum Gasteiger partial charge on any atom is -0.370 e. The highest BCUT2D eigenvalue weighted by molar-refractivity contribution is 6.33. The monoisotopic (exact) mass is 284 g/mol. The first-order valence-electron chi connectivity index (χ1n) is 6.03. The van der Waals surface area contributed by atoms with Crippen molar-refractivity contribution in [2.75, 3.05) is 25.0 Å². The summed E-state index contributed by atoms with van der Waals surface area (Å²) in [5.74, 6) is -0.166. The third-order valence-electron chi connectivity index (χ3n) is 2.20. The fourth-order valence-electron chi connectivity index (χ4n) is 1.38. The zero-order valence-electron chi connectivity index (χ0n) is 10.9. The maximum atomic E-state index is 11.9. The van der Waals surface area contributed by atoms with Gasteiger partial charge in [-0.25, -0.2) is 4.98 Å². The number of halogens is 1. The number of aromatic nitrogens is 1. The number of pyridine rings is 1. The lowest BCUT2D eigenvalue weighted by atomic mass is 10.3. The van der Waals surface area contributed by atoms with Gasteiger partial charge in [0.15, 0.2) is 0 Å². The lowest BCUT2D eigenvalue weighted by molar-refractivity contribution is -0.120. The number of nitrogens with zero attached hydrogens (tertiary/aromatic N) is 1. The van der Waals surface area contributed by atoms with Crippen LogP contribution in [0.1, 0.15) is 24.3 Å². The number of likely N-dealkylation sites (N-methyl/N-ethyl adjacent to an activating group) is 1. The Kier molecular flexibility index (Phi) is 6.08. The van der Waals surface area contributed by atoms with E-state index in [-0.39, 0.29) is 23.2 Å². The molecular formula is C12H17ClN4O2. The normalized spacial score (nSPS) is 9.84. The smallest absolute Gasteiger partial charge is 0.271 e. The fraction of sp³-hybridized carbons (Fsp3) is 0.417. The number of anilines is 1. The Balaban J connectivity index is 2.70. The van der Waals surface area contributed by atoms with Gasteiger partial charge < -0.3 is 16.0 Å². The summed E-state index contributed by atoms with van der Waals surface area (Å²) < 4.78 is 0. The Morgan fingerprint density at radius 3 is 2.58 bits per heavy atom. The van der Waals surface area contributed by atoms with Crippen LogP contribution in [0.4, 0.5) is 5.82 Å². The Hall–Kier alpha value is -1.82. The Bertz CT molecular complexity index is 465. The van der Waals surface area contributed by atoms with Crippen LogP contribution in [-0.4, -0.2) is 36.4 Å². The van der Waals surface area contributed by atoms with Gasteiger partial charge >= 0.3 is 0 Å². The van der Waals surface area contributed by atoms with Crippen molar-refractivity contribution in [1.29, 1.82) is 0 Å². The van der Waals surface area contributed by atoms with Crippen molar-refractivity contribution in [1.82, 2.24) is 15.6 Å². The Morgan fingerprint density at radius 1 is 1.21 bits per heavy atom. The van der Waals surface area contributed by atoms with Crippen molar-refractivity contribution < 1.29 is 9.59 Å². The molecule has 0 aliphatic carbocycles. The van der Waals surface area contributed by atoms with Gasteiger partial charge in [0.25, 0.3) is 5.91 Å². The molecule has 0 aliphatic heterocycles. The van der Waals surface area contributed by atoms with Crippen LogP contribution < -0.4 is 16.0 Å². The number of amides is 2. The van der Waals surface area contributed by atoms with Crippen LogP contribution in [0.2, 0.25) is 5.02 Å². The van der Waals surface area contributed by atoms with Crippen molar-refractivity contribution in [2.24, 2.45) is 0 Å². The van der Waals surface area contributed by atoms with Gasteiger partial charge in [-0.15, -0.1) is 0 Å². The molecule has 2 amide bonds. The highest BCUT2D eigenvalue weighted by Crippen LogP contribution is 2.16. The van der Waals surface area contributed by atoms with E-state index in [1.54, 1.807) is 19.1 Å². The van der Waals surface area contributed by atoms with Crippen LogP contribution in [0.25, 0.3) is 0 Å². The Labute approximate surface area is 116 Å². The molecule has 0 aliphatic rings. The second-order valence-electron chi connectivity index (χ2n) is 3.69. The highest BCUT2D eigenvalue weighted by atomic mass is 35.5.